The number of rotatable bonds is 19. The van der Waals surface area contributed by atoms with Gasteiger partial charge in [0.05, 0.1) is 145 Å². The van der Waals surface area contributed by atoms with Crippen molar-refractivity contribution in [2.24, 2.45) is 7.05 Å². The number of para-hydroxylation sites is 6. The predicted octanol–water partition coefficient (Wildman–Crippen LogP) is 18.4. The van der Waals surface area contributed by atoms with Crippen LogP contribution in [-0.2, 0) is 56.7 Å². The lowest BCUT2D eigenvalue weighted by Crippen LogP contribution is -2.46. The number of amidine groups is 4. The maximum absolute atomic E-state index is 13.7. The fourth-order valence-electron chi connectivity index (χ4n) is 19.7. The first-order valence-electron chi connectivity index (χ1n) is 46.6. The molecular weight excluding hydrogens is 1800 g/mol. The number of fused-ring (bicyclic) bond motifs is 5. The molecule has 4 atom stereocenters. The van der Waals surface area contributed by atoms with Gasteiger partial charge in [0.1, 0.15) is 115 Å². The van der Waals surface area contributed by atoms with Crippen molar-refractivity contribution in [3.63, 3.8) is 0 Å². The van der Waals surface area contributed by atoms with Crippen LogP contribution in [-0.4, -0.2) is 169 Å². The Hall–Kier alpha value is -16.6. The molecule has 0 radical (unpaired) electrons. The van der Waals surface area contributed by atoms with Gasteiger partial charge in [-0.1, -0.05) is 98.8 Å². The molecule has 0 amide bonds. The molecule has 142 heavy (non-hydrogen) atoms. The highest BCUT2D eigenvalue weighted by Gasteiger charge is 2.55. The van der Waals surface area contributed by atoms with Crippen LogP contribution in [0.25, 0.3) is 16.6 Å². The highest BCUT2D eigenvalue weighted by molar-refractivity contribution is 6.39. The molecule has 0 saturated carbocycles. The van der Waals surface area contributed by atoms with Gasteiger partial charge >= 0.3 is 0 Å². The highest BCUT2D eigenvalue weighted by atomic mass is 16.5. The summed E-state index contributed by atoms with van der Waals surface area (Å²) in [7, 11) is 19.6. The van der Waals surface area contributed by atoms with Crippen LogP contribution in [0.4, 0.5) is 51.2 Å². The number of aromatic nitrogens is 2. The normalized spacial score (nSPS) is 20.9. The van der Waals surface area contributed by atoms with Crippen molar-refractivity contribution < 1.29 is 71.3 Å². The Morgan fingerprint density at radius 2 is 0.620 bits per heavy atom. The quantitative estimate of drug-likeness (QED) is 0.0340. The van der Waals surface area contributed by atoms with Crippen LogP contribution in [0.3, 0.4) is 0 Å². The van der Waals surface area contributed by atoms with Crippen LogP contribution in [0, 0.1) is 21.6 Å². The van der Waals surface area contributed by atoms with Gasteiger partial charge in [-0.3, -0.25) is 45.6 Å². The Morgan fingerprint density at radius 1 is 0.352 bits per heavy atom. The van der Waals surface area contributed by atoms with Crippen molar-refractivity contribution in [1.82, 2.24) is 14.9 Å². The Labute approximate surface area is 825 Å². The lowest BCUT2D eigenvalue weighted by atomic mass is 9.91. The SMILES string of the molecule is CC[C@@]1(C)C(=O)C(=C2Cc3ccccc3N2)C(=N)N1c1cc(OC)cc(OC)c1.CC[C@]1(C)C(=O)C(=C2Cc3ccccc3N2)C(=N)N1c1cc(OC)cc(OC)c1.CNC1=C(c2nc3ccccc3n2C)C(=O)C(C)(C)N1c1cc(OC)cc(OC)c1.COc1cc(OC)cc(N2C(=N)C(=C3Cc4ccccc4N3)C(=O)[C@@H]2C)c1.COc1cc(OC)cc(N2C(=N)C(=C3Cc4ccccc4N3)C(=O)[C@H]2C)c1. The van der Waals surface area contributed by atoms with Gasteiger partial charge in [-0.25, -0.2) is 4.98 Å². The highest BCUT2D eigenvalue weighted by Crippen LogP contribution is 2.50. The molecule has 732 valence electrons. The number of nitrogens with zero attached hydrogens (tertiary/aromatic N) is 7. The van der Waals surface area contributed by atoms with Crippen molar-refractivity contribution in [1.29, 1.82) is 21.6 Å². The van der Waals surface area contributed by atoms with Crippen LogP contribution < -0.4 is 98.5 Å². The number of hydrogen-bond acceptors (Lipinski definition) is 26. The number of aryl methyl sites for hydroxylation is 1. The van der Waals surface area contributed by atoms with E-state index in [2.05, 4.69) is 26.6 Å². The molecule has 1 aromatic heterocycles. The number of allylic oxidation sites excluding steroid dienone is 4. The number of imidazole rings is 1. The van der Waals surface area contributed by atoms with Gasteiger partial charge in [0.2, 0.25) is 0 Å². The summed E-state index contributed by atoms with van der Waals surface area (Å²) in [6.07, 6.45) is 3.63. The zero-order chi connectivity index (χ0) is 101. The van der Waals surface area contributed by atoms with E-state index in [-0.39, 0.29) is 52.3 Å². The summed E-state index contributed by atoms with van der Waals surface area (Å²) in [4.78, 5) is 80.6. The molecule has 0 unspecified atom stereocenters. The van der Waals surface area contributed by atoms with Crippen molar-refractivity contribution in [2.75, 3.05) is 124 Å². The third-order valence-electron chi connectivity index (χ3n) is 27.6. The summed E-state index contributed by atoms with van der Waals surface area (Å²) < 4.78 is 55.8. The molecule has 10 heterocycles. The summed E-state index contributed by atoms with van der Waals surface area (Å²) in [6.45, 7) is 15.2. The number of ketones is 5. The zero-order valence-corrected chi connectivity index (χ0v) is 83.4. The largest absolute Gasteiger partial charge is 0.497 e. The van der Waals surface area contributed by atoms with E-state index >= 15 is 0 Å². The van der Waals surface area contributed by atoms with Gasteiger partial charge in [0.15, 0.2) is 28.9 Å². The Kier molecular flexibility index (Phi) is 27.8. The number of ether oxygens (including phenoxy) is 10. The minimum Gasteiger partial charge on any atom is -0.497 e. The van der Waals surface area contributed by atoms with Gasteiger partial charge in [-0.05, 0) is 113 Å². The Bertz CT molecular complexity index is 6620. The number of hydrogen-bond donors (Lipinski definition) is 9. The lowest BCUT2D eigenvalue weighted by Gasteiger charge is -2.34. The number of benzene rings is 10. The number of anilines is 9. The molecule has 11 aromatic rings. The maximum Gasteiger partial charge on any atom is 0.195 e. The molecule has 0 aliphatic carbocycles. The third kappa shape index (κ3) is 17.8. The molecule has 0 bridgehead atoms. The summed E-state index contributed by atoms with van der Waals surface area (Å²) in [6, 6.07) is 66.1. The number of Topliss-reactive ketones (excluding diaryl/α,β-unsaturated/α-hetero) is 5. The number of carbonyl (C=O) groups is 5. The number of nitrogens with one attached hydrogen (secondary N) is 9. The van der Waals surface area contributed by atoms with Gasteiger partial charge in [-0.15, -0.1) is 0 Å². The van der Waals surface area contributed by atoms with E-state index in [1.54, 1.807) is 115 Å². The summed E-state index contributed by atoms with van der Waals surface area (Å²) in [5, 5.41) is 51.9. The van der Waals surface area contributed by atoms with Crippen molar-refractivity contribution in [3.05, 3.63) is 291 Å². The van der Waals surface area contributed by atoms with E-state index in [0.717, 1.165) is 84.5 Å². The monoisotopic (exact) mass is 1910 g/mol. The molecule has 0 spiro atoms. The van der Waals surface area contributed by atoms with Crippen LogP contribution in [0.2, 0.25) is 0 Å². The van der Waals surface area contributed by atoms with Crippen molar-refractivity contribution >= 4 is 120 Å². The van der Waals surface area contributed by atoms with E-state index in [1.165, 1.54) is 0 Å². The molecule has 9 aliphatic rings. The second-order valence-corrected chi connectivity index (χ2v) is 36.1. The predicted molar refractivity (Wildman–Crippen MR) is 556 cm³/mol. The van der Waals surface area contributed by atoms with Crippen LogP contribution in [0.15, 0.2) is 263 Å². The first-order chi connectivity index (χ1) is 68.2. The summed E-state index contributed by atoms with van der Waals surface area (Å²) >= 11 is 0. The number of methoxy groups -OCH3 is 10. The van der Waals surface area contributed by atoms with Crippen LogP contribution >= 0.6 is 0 Å². The first-order valence-corrected chi connectivity index (χ1v) is 46.6. The molecule has 4 fully saturated rings. The van der Waals surface area contributed by atoms with Crippen LogP contribution in [0.5, 0.6) is 57.5 Å². The van der Waals surface area contributed by atoms with E-state index in [1.807, 2.05) is 267 Å². The fraction of sp³-hybridized carbons (Fsp3) is 0.279. The smallest absolute Gasteiger partial charge is 0.195 e. The topological polar surface area (TPSA) is 367 Å². The second-order valence-electron chi connectivity index (χ2n) is 36.1. The summed E-state index contributed by atoms with van der Waals surface area (Å²) in [5.41, 5.74) is 16.9. The molecular formula is C111H118N16O15. The Balaban J connectivity index is 0.000000128. The zero-order valence-electron chi connectivity index (χ0n) is 83.4. The molecule has 10 aromatic carbocycles. The molecule has 31 nitrogen and oxygen atoms in total. The van der Waals surface area contributed by atoms with Gasteiger partial charge in [0.25, 0.3) is 0 Å². The van der Waals surface area contributed by atoms with Crippen molar-refractivity contribution in [3.8, 4) is 57.5 Å². The van der Waals surface area contributed by atoms with E-state index in [4.69, 9.17) is 74.0 Å². The maximum atomic E-state index is 13.7. The minimum absolute atomic E-state index is 0.00737. The molecule has 9 N–H and O–H groups in total. The fourth-order valence-corrected chi connectivity index (χ4v) is 19.7. The molecule has 31 heteroatoms. The lowest BCUT2D eigenvalue weighted by molar-refractivity contribution is -0.119. The van der Waals surface area contributed by atoms with Crippen LogP contribution in [0.1, 0.15) is 96.3 Å². The van der Waals surface area contributed by atoms with E-state index in [9.17, 15) is 24.0 Å². The first kappa shape index (κ1) is 98.4. The molecule has 20 rings (SSSR count). The standard InChI is InChI=1S/C23H26N4O3.2C23H25N3O3.2C21H21N3O3/c1-23(2)20(28)19(22-25-17-9-7-8-10-18(17)26(22)4)21(24-3)27(23)14-11-15(29-5)13-16(12-14)30-6;2*1-5-23(2)21(27)20(19-10-14-8-6-7-9-18(14)25-19)22(24)26(23)15-11-16(28-3)13-17(12-15)29-4;2*1-12-20(25)19(18-8-13-6-4-5-7-17(13)23-18)21(22)24(12)14-9-15(26-2)11-16(10-14)27-3/h7-13,24H,1-6H3;2*6-9,11-13,24-25H,5,10H2,1-4H3;2*4-7,9-12,22-23H,8H2,1-3H3/t;2*23-;2*12-/m.1010/s1. The molecule has 4 saturated heterocycles. The third-order valence-corrected chi connectivity index (χ3v) is 27.6. The summed E-state index contributed by atoms with van der Waals surface area (Å²) in [5.74, 6) is 8.14. The van der Waals surface area contributed by atoms with E-state index < -0.39 is 28.7 Å². The average Bonchev–Trinajstić information content (AvgIpc) is 1.57. The van der Waals surface area contributed by atoms with Gasteiger partial charge in [-0.2, -0.15) is 0 Å². The second kappa shape index (κ2) is 40.1. The average molecular weight is 1920 g/mol. The minimum atomic E-state index is -0.854. The number of carbonyl (C=O) groups excluding carboxylic acids is 5. The van der Waals surface area contributed by atoms with Gasteiger partial charge in [0, 0.05) is 176 Å². The van der Waals surface area contributed by atoms with Crippen molar-refractivity contribution in [2.45, 2.75) is 123 Å². The van der Waals surface area contributed by atoms with Gasteiger partial charge < -0.3 is 103 Å². The van der Waals surface area contributed by atoms with E-state index in [0.29, 0.717) is 158 Å². The molecule has 9 aliphatic heterocycles. The Morgan fingerprint density at radius 3 is 0.894 bits per heavy atom.